The number of anilines is 1. The van der Waals surface area contributed by atoms with Crippen molar-refractivity contribution in [2.75, 3.05) is 11.9 Å². The predicted octanol–water partition coefficient (Wildman–Crippen LogP) is 6.19. The smallest absolute Gasteiger partial charge is 0.273 e. The molecule has 0 aliphatic carbocycles. The molecule has 7 heteroatoms. The highest BCUT2D eigenvalue weighted by molar-refractivity contribution is 6.09. The van der Waals surface area contributed by atoms with Crippen LogP contribution in [0.15, 0.2) is 77.9 Å². The third-order valence-corrected chi connectivity index (χ3v) is 5.30. The predicted molar refractivity (Wildman–Crippen MR) is 137 cm³/mol. The van der Waals surface area contributed by atoms with Crippen molar-refractivity contribution in [3.05, 3.63) is 95.3 Å². The Kier molecular flexibility index (Phi) is 9.99. The summed E-state index contributed by atoms with van der Waals surface area (Å²) in [6.07, 6.45) is 7.49. The van der Waals surface area contributed by atoms with Crippen LogP contribution in [0.2, 0.25) is 0 Å². The van der Waals surface area contributed by atoms with Crippen LogP contribution in [0.5, 0.6) is 5.75 Å². The second-order valence-corrected chi connectivity index (χ2v) is 8.04. The quantitative estimate of drug-likeness (QED) is 0.186. The molecule has 182 valence electrons. The molecule has 0 spiro atoms. The van der Waals surface area contributed by atoms with Gasteiger partial charge in [0, 0.05) is 5.56 Å². The average molecular weight is 476 g/mol. The van der Waals surface area contributed by atoms with Gasteiger partial charge in [-0.25, -0.2) is 9.82 Å². The first kappa shape index (κ1) is 25.6. The van der Waals surface area contributed by atoms with Gasteiger partial charge in [0.1, 0.15) is 11.6 Å². The van der Waals surface area contributed by atoms with Crippen LogP contribution in [0, 0.1) is 5.82 Å². The number of amides is 2. The van der Waals surface area contributed by atoms with Gasteiger partial charge in [-0.3, -0.25) is 9.59 Å². The summed E-state index contributed by atoms with van der Waals surface area (Å²) in [5, 5.41) is 6.70. The largest absolute Gasteiger partial charge is 0.494 e. The third kappa shape index (κ3) is 8.37. The van der Waals surface area contributed by atoms with Gasteiger partial charge in [-0.1, -0.05) is 44.7 Å². The van der Waals surface area contributed by atoms with Crippen LogP contribution in [0.1, 0.15) is 65.3 Å². The van der Waals surface area contributed by atoms with Gasteiger partial charge in [0.25, 0.3) is 11.8 Å². The number of hydrazone groups is 1. The lowest BCUT2D eigenvalue weighted by molar-refractivity contribution is 0.0956. The average Bonchev–Trinajstić information content (AvgIpc) is 2.87. The molecule has 2 amide bonds. The van der Waals surface area contributed by atoms with E-state index in [1.54, 1.807) is 24.3 Å². The molecule has 2 N–H and O–H groups in total. The summed E-state index contributed by atoms with van der Waals surface area (Å²) in [4.78, 5) is 25.1. The topological polar surface area (TPSA) is 79.8 Å². The molecule has 0 aromatic heterocycles. The molecule has 0 atom stereocenters. The van der Waals surface area contributed by atoms with Gasteiger partial charge in [0.05, 0.1) is 24.1 Å². The maximum Gasteiger partial charge on any atom is 0.273 e. The van der Waals surface area contributed by atoms with Crippen molar-refractivity contribution in [3.63, 3.8) is 0 Å². The first-order chi connectivity index (χ1) is 17.1. The SMILES string of the molecule is CCCCCCCOc1ccc(/C=N\NC(=O)c2ccccc2NC(=O)c2ccc(F)cc2)cc1. The van der Waals surface area contributed by atoms with Crippen LogP contribution in [0.4, 0.5) is 10.1 Å². The Morgan fingerprint density at radius 3 is 2.34 bits per heavy atom. The second kappa shape index (κ2) is 13.6. The van der Waals surface area contributed by atoms with Crippen molar-refractivity contribution >= 4 is 23.7 Å². The van der Waals surface area contributed by atoms with E-state index >= 15 is 0 Å². The molecule has 0 saturated carbocycles. The minimum absolute atomic E-state index is 0.253. The Balaban J connectivity index is 1.51. The van der Waals surface area contributed by atoms with Gasteiger partial charge in [-0.15, -0.1) is 0 Å². The highest BCUT2D eigenvalue weighted by Gasteiger charge is 2.13. The van der Waals surface area contributed by atoms with E-state index in [1.165, 1.54) is 56.2 Å². The number of halogens is 1. The Labute approximate surface area is 205 Å². The number of unbranched alkanes of at least 4 members (excludes halogenated alkanes) is 4. The molecule has 3 aromatic carbocycles. The van der Waals surface area contributed by atoms with Crippen molar-refractivity contribution in [2.45, 2.75) is 39.0 Å². The first-order valence-electron chi connectivity index (χ1n) is 11.8. The number of carbonyl (C=O) groups is 2. The molecule has 0 aliphatic rings. The van der Waals surface area contributed by atoms with Crippen molar-refractivity contribution in [2.24, 2.45) is 5.10 Å². The highest BCUT2D eigenvalue weighted by atomic mass is 19.1. The molecule has 0 radical (unpaired) electrons. The summed E-state index contributed by atoms with van der Waals surface area (Å²) in [6, 6.07) is 19.2. The maximum absolute atomic E-state index is 13.1. The van der Waals surface area contributed by atoms with Crippen molar-refractivity contribution < 1.29 is 18.7 Å². The molecular weight excluding hydrogens is 445 g/mol. The minimum atomic E-state index is -0.473. The summed E-state index contributed by atoms with van der Waals surface area (Å²) >= 11 is 0. The monoisotopic (exact) mass is 475 g/mol. The van der Waals surface area contributed by atoms with E-state index in [2.05, 4.69) is 22.8 Å². The Bertz CT molecular complexity index is 1130. The third-order valence-electron chi connectivity index (χ3n) is 5.30. The van der Waals surface area contributed by atoms with E-state index in [4.69, 9.17) is 4.74 Å². The van der Waals surface area contributed by atoms with Gasteiger partial charge in [-0.2, -0.15) is 5.10 Å². The number of hydrogen-bond acceptors (Lipinski definition) is 4. The van der Waals surface area contributed by atoms with Gasteiger partial charge in [0.15, 0.2) is 0 Å². The lowest BCUT2D eigenvalue weighted by Crippen LogP contribution is -2.21. The minimum Gasteiger partial charge on any atom is -0.494 e. The van der Waals surface area contributed by atoms with E-state index in [-0.39, 0.29) is 11.1 Å². The molecule has 3 rings (SSSR count). The molecule has 0 bridgehead atoms. The van der Waals surface area contributed by atoms with Gasteiger partial charge >= 0.3 is 0 Å². The normalized spacial score (nSPS) is 10.8. The Morgan fingerprint density at radius 1 is 0.886 bits per heavy atom. The van der Waals surface area contributed by atoms with Gasteiger partial charge in [-0.05, 0) is 72.6 Å². The number of nitrogens with zero attached hydrogens (tertiary/aromatic N) is 1. The highest BCUT2D eigenvalue weighted by Crippen LogP contribution is 2.17. The summed E-state index contributed by atoms with van der Waals surface area (Å²) in [7, 11) is 0. The molecule has 6 nitrogen and oxygen atoms in total. The number of ether oxygens (including phenoxy) is 1. The fourth-order valence-corrected chi connectivity index (χ4v) is 3.36. The summed E-state index contributed by atoms with van der Waals surface area (Å²) in [5.74, 6) is -0.553. The summed E-state index contributed by atoms with van der Waals surface area (Å²) < 4.78 is 18.9. The van der Waals surface area contributed by atoms with Crippen molar-refractivity contribution in [1.82, 2.24) is 5.43 Å². The van der Waals surface area contributed by atoms with Crippen molar-refractivity contribution in [1.29, 1.82) is 0 Å². The molecule has 35 heavy (non-hydrogen) atoms. The Hall–Kier alpha value is -4.00. The number of nitrogens with one attached hydrogen (secondary N) is 2. The van der Waals surface area contributed by atoms with Gasteiger partial charge in [0.2, 0.25) is 0 Å². The molecule has 0 saturated heterocycles. The van der Waals surface area contributed by atoms with E-state index < -0.39 is 17.6 Å². The van der Waals surface area contributed by atoms with Crippen LogP contribution >= 0.6 is 0 Å². The zero-order chi connectivity index (χ0) is 24.9. The summed E-state index contributed by atoms with van der Waals surface area (Å²) in [5.41, 5.74) is 4.14. The van der Waals surface area contributed by atoms with Crippen LogP contribution < -0.4 is 15.5 Å². The van der Waals surface area contributed by atoms with E-state index in [0.29, 0.717) is 12.3 Å². The number of rotatable bonds is 12. The molecule has 3 aromatic rings. The number of carbonyl (C=O) groups excluding carboxylic acids is 2. The summed E-state index contributed by atoms with van der Waals surface area (Å²) in [6.45, 7) is 2.90. The van der Waals surface area contributed by atoms with Gasteiger partial charge < -0.3 is 10.1 Å². The Morgan fingerprint density at radius 2 is 1.60 bits per heavy atom. The number of hydrogen-bond donors (Lipinski definition) is 2. The van der Waals surface area contributed by atoms with Crippen molar-refractivity contribution in [3.8, 4) is 5.75 Å². The van der Waals surface area contributed by atoms with E-state index in [9.17, 15) is 14.0 Å². The zero-order valence-electron chi connectivity index (χ0n) is 19.8. The molecule has 0 heterocycles. The molecular formula is C28H30FN3O3. The fourth-order valence-electron chi connectivity index (χ4n) is 3.36. The van der Waals surface area contributed by atoms with E-state index in [1.807, 2.05) is 24.3 Å². The van der Waals surface area contributed by atoms with Crippen LogP contribution in [-0.2, 0) is 0 Å². The van der Waals surface area contributed by atoms with Crippen LogP contribution in [0.3, 0.4) is 0 Å². The van der Waals surface area contributed by atoms with Crippen LogP contribution in [-0.4, -0.2) is 24.6 Å². The number of benzene rings is 3. The molecule has 0 unspecified atom stereocenters. The maximum atomic E-state index is 13.1. The lowest BCUT2D eigenvalue weighted by Gasteiger charge is -2.10. The molecule has 0 fully saturated rings. The van der Waals surface area contributed by atoms with E-state index in [0.717, 1.165) is 17.7 Å². The zero-order valence-corrected chi connectivity index (χ0v) is 19.8. The lowest BCUT2D eigenvalue weighted by atomic mass is 10.1. The number of para-hydroxylation sites is 1. The second-order valence-electron chi connectivity index (χ2n) is 8.04. The first-order valence-corrected chi connectivity index (χ1v) is 11.8. The fraction of sp³-hybridized carbons (Fsp3) is 0.250. The molecule has 0 aliphatic heterocycles. The standard InChI is InChI=1S/C28H30FN3O3/c1-2-3-4-5-8-19-35-24-17-11-21(12-18-24)20-30-32-28(34)25-9-6-7-10-26(25)31-27(33)22-13-15-23(29)16-14-22/h6-7,9-18,20H,2-5,8,19H2,1H3,(H,31,33)(H,32,34)/b30-20-. The van der Waals surface area contributed by atoms with Crippen LogP contribution in [0.25, 0.3) is 0 Å².